The SMILES string of the molecule is C[C@@H](Nc1ccc2oc3ccccc3c2c1)C(=O)N(C)Cc1ccccc1. The van der Waals surface area contributed by atoms with Gasteiger partial charge >= 0.3 is 0 Å². The van der Waals surface area contributed by atoms with Crippen LogP contribution in [0.4, 0.5) is 5.69 Å². The van der Waals surface area contributed by atoms with Crippen molar-refractivity contribution in [1.82, 2.24) is 4.90 Å². The molecular weight excluding hydrogens is 336 g/mol. The van der Waals surface area contributed by atoms with Crippen molar-refractivity contribution in [1.29, 1.82) is 0 Å². The second kappa shape index (κ2) is 7.16. The van der Waals surface area contributed by atoms with Gasteiger partial charge in [0.2, 0.25) is 5.91 Å². The summed E-state index contributed by atoms with van der Waals surface area (Å²) in [5.41, 5.74) is 3.74. The standard InChI is InChI=1S/C23H22N2O2/c1-16(23(26)25(2)15-17-8-4-3-5-9-17)24-18-12-13-22-20(14-18)19-10-6-7-11-21(19)27-22/h3-14,16,24H,15H2,1-2H3/t16-/m1/s1. The monoisotopic (exact) mass is 358 g/mol. The highest BCUT2D eigenvalue weighted by Gasteiger charge is 2.18. The van der Waals surface area contributed by atoms with Gasteiger partial charge in [-0.05, 0) is 36.8 Å². The Morgan fingerprint density at radius 2 is 1.67 bits per heavy atom. The zero-order valence-corrected chi connectivity index (χ0v) is 15.5. The molecule has 0 bridgehead atoms. The zero-order chi connectivity index (χ0) is 18.8. The number of carbonyl (C=O) groups excluding carboxylic acids is 1. The van der Waals surface area contributed by atoms with Gasteiger partial charge in [0.1, 0.15) is 17.2 Å². The fourth-order valence-corrected chi connectivity index (χ4v) is 3.39. The summed E-state index contributed by atoms with van der Waals surface area (Å²) in [4.78, 5) is 14.5. The molecular formula is C23H22N2O2. The molecule has 0 aliphatic heterocycles. The average Bonchev–Trinajstić information content (AvgIpc) is 3.06. The highest BCUT2D eigenvalue weighted by Crippen LogP contribution is 2.30. The van der Waals surface area contributed by atoms with E-state index >= 15 is 0 Å². The summed E-state index contributed by atoms with van der Waals surface area (Å²) in [6, 6.07) is 23.6. The van der Waals surface area contributed by atoms with Crippen molar-refractivity contribution in [3.63, 3.8) is 0 Å². The molecule has 0 fully saturated rings. The number of anilines is 1. The maximum Gasteiger partial charge on any atom is 0.244 e. The quantitative estimate of drug-likeness (QED) is 0.543. The Kier molecular flexibility index (Phi) is 4.55. The zero-order valence-electron chi connectivity index (χ0n) is 15.5. The van der Waals surface area contributed by atoms with Crippen LogP contribution in [0.2, 0.25) is 0 Å². The largest absolute Gasteiger partial charge is 0.456 e. The van der Waals surface area contributed by atoms with Crippen molar-refractivity contribution >= 4 is 33.5 Å². The predicted octanol–water partition coefficient (Wildman–Crippen LogP) is 5.05. The van der Waals surface area contributed by atoms with Gasteiger partial charge in [0.25, 0.3) is 0 Å². The van der Waals surface area contributed by atoms with E-state index in [-0.39, 0.29) is 11.9 Å². The van der Waals surface area contributed by atoms with E-state index < -0.39 is 0 Å². The Hall–Kier alpha value is -3.27. The Morgan fingerprint density at radius 3 is 2.48 bits per heavy atom. The number of likely N-dealkylation sites (N-methyl/N-ethyl adjacent to an activating group) is 1. The minimum Gasteiger partial charge on any atom is -0.456 e. The number of rotatable bonds is 5. The summed E-state index contributed by atoms with van der Waals surface area (Å²) in [5, 5.41) is 5.45. The lowest BCUT2D eigenvalue weighted by Gasteiger charge is -2.23. The summed E-state index contributed by atoms with van der Waals surface area (Å²) in [6.07, 6.45) is 0. The fourth-order valence-electron chi connectivity index (χ4n) is 3.39. The van der Waals surface area contributed by atoms with Gasteiger partial charge in [0, 0.05) is 30.1 Å². The van der Waals surface area contributed by atoms with Crippen LogP contribution in [-0.2, 0) is 11.3 Å². The molecule has 0 unspecified atom stereocenters. The second-order valence-corrected chi connectivity index (χ2v) is 6.86. The lowest BCUT2D eigenvalue weighted by molar-refractivity contribution is -0.130. The van der Waals surface area contributed by atoms with Gasteiger partial charge < -0.3 is 14.6 Å². The first-order chi connectivity index (χ1) is 13.1. The van der Waals surface area contributed by atoms with Gasteiger partial charge in [0.05, 0.1) is 0 Å². The highest BCUT2D eigenvalue weighted by molar-refractivity contribution is 6.06. The maximum atomic E-state index is 12.7. The number of furan rings is 1. The molecule has 0 saturated carbocycles. The summed E-state index contributed by atoms with van der Waals surface area (Å²) in [5.74, 6) is 0.0519. The lowest BCUT2D eigenvalue weighted by atomic mass is 10.1. The molecule has 4 rings (SSSR count). The molecule has 3 aromatic carbocycles. The summed E-state index contributed by atoms with van der Waals surface area (Å²) < 4.78 is 5.86. The molecule has 1 heterocycles. The molecule has 0 aliphatic rings. The summed E-state index contributed by atoms with van der Waals surface area (Å²) >= 11 is 0. The fraction of sp³-hybridized carbons (Fsp3) is 0.174. The van der Waals surface area contributed by atoms with E-state index in [1.54, 1.807) is 4.90 Å². The molecule has 1 amide bonds. The molecule has 1 N–H and O–H groups in total. The first-order valence-corrected chi connectivity index (χ1v) is 9.08. The lowest BCUT2D eigenvalue weighted by Crippen LogP contribution is -2.38. The summed E-state index contributed by atoms with van der Waals surface area (Å²) in [7, 11) is 1.83. The molecule has 136 valence electrons. The molecule has 0 saturated heterocycles. The van der Waals surface area contributed by atoms with E-state index in [9.17, 15) is 4.79 Å². The number of carbonyl (C=O) groups is 1. The number of para-hydroxylation sites is 1. The van der Waals surface area contributed by atoms with Gasteiger partial charge in [-0.15, -0.1) is 0 Å². The Bertz CT molecular complexity index is 1090. The highest BCUT2D eigenvalue weighted by atomic mass is 16.3. The topological polar surface area (TPSA) is 45.5 Å². The average molecular weight is 358 g/mol. The van der Waals surface area contributed by atoms with Crippen LogP contribution in [0.15, 0.2) is 77.2 Å². The first kappa shape index (κ1) is 17.2. The van der Waals surface area contributed by atoms with Gasteiger partial charge in [-0.2, -0.15) is 0 Å². The molecule has 4 nitrogen and oxygen atoms in total. The van der Waals surface area contributed by atoms with Gasteiger partial charge in [-0.1, -0.05) is 48.5 Å². The number of nitrogens with one attached hydrogen (secondary N) is 1. The van der Waals surface area contributed by atoms with Crippen LogP contribution in [0, 0.1) is 0 Å². The Labute approximate surface area is 158 Å². The predicted molar refractivity (Wildman–Crippen MR) is 110 cm³/mol. The summed E-state index contributed by atoms with van der Waals surface area (Å²) in [6.45, 7) is 2.48. The van der Waals surface area contributed by atoms with Crippen LogP contribution in [0.25, 0.3) is 21.9 Å². The van der Waals surface area contributed by atoms with Gasteiger partial charge in [-0.25, -0.2) is 0 Å². The van der Waals surface area contributed by atoms with E-state index in [1.165, 1.54) is 0 Å². The number of nitrogens with zero attached hydrogens (tertiary/aromatic N) is 1. The Balaban J connectivity index is 1.50. The normalized spacial score (nSPS) is 12.2. The molecule has 0 radical (unpaired) electrons. The molecule has 4 heteroatoms. The van der Waals surface area contributed by atoms with Crippen LogP contribution in [0.1, 0.15) is 12.5 Å². The van der Waals surface area contributed by atoms with E-state index in [0.717, 1.165) is 33.2 Å². The third-order valence-electron chi connectivity index (χ3n) is 4.77. The molecule has 0 aliphatic carbocycles. The van der Waals surface area contributed by atoms with Crippen molar-refractivity contribution in [2.75, 3.05) is 12.4 Å². The molecule has 0 spiro atoms. The van der Waals surface area contributed by atoms with Crippen LogP contribution in [0.5, 0.6) is 0 Å². The number of hydrogen-bond donors (Lipinski definition) is 1. The van der Waals surface area contributed by atoms with Crippen LogP contribution in [-0.4, -0.2) is 23.9 Å². The number of fused-ring (bicyclic) bond motifs is 3. The molecule has 4 aromatic rings. The first-order valence-electron chi connectivity index (χ1n) is 9.08. The maximum absolute atomic E-state index is 12.7. The second-order valence-electron chi connectivity index (χ2n) is 6.86. The molecule has 27 heavy (non-hydrogen) atoms. The van der Waals surface area contributed by atoms with E-state index in [4.69, 9.17) is 4.42 Å². The number of amides is 1. The number of benzene rings is 3. The van der Waals surface area contributed by atoms with Crippen molar-refractivity contribution in [3.05, 3.63) is 78.4 Å². The van der Waals surface area contributed by atoms with Crippen molar-refractivity contribution < 1.29 is 9.21 Å². The third kappa shape index (κ3) is 3.51. The number of hydrogen-bond acceptors (Lipinski definition) is 3. The van der Waals surface area contributed by atoms with Crippen molar-refractivity contribution in [3.8, 4) is 0 Å². The van der Waals surface area contributed by atoms with Crippen LogP contribution < -0.4 is 5.32 Å². The third-order valence-corrected chi connectivity index (χ3v) is 4.77. The van der Waals surface area contributed by atoms with Gasteiger partial charge in [-0.3, -0.25) is 4.79 Å². The van der Waals surface area contributed by atoms with Crippen molar-refractivity contribution in [2.45, 2.75) is 19.5 Å². The van der Waals surface area contributed by atoms with E-state index in [0.29, 0.717) is 6.54 Å². The molecule has 1 atom stereocenters. The molecule has 1 aromatic heterocycles. The smallest absolute Gasteiger partial charge is 0.244 e. The van der Waals surface area contributed by atoms with Crippen LogP contribution in [0.3, 0.4) is 0 Å². The Morgan fingerprint density at radius 1 is 0.963 bits per heavy atom. The van der Waals surface area contributed by atoms with Crippen molar-refractivity contribution in [2.24, 2.45) is 0 Å². The van der Waals surface area contributed by atoms with Gasteiger partial charge in [0.15, 0.2) is 0 Å². The minimum atomic E-state index is -0.325. The van der Waals surface area contributed by atoms with E-state index in [1.807, 2.05) is 86.8 Å². The van der Waals surface area contributed by atoms with Crippen LogP contribution >= 0.6 is 0 Å². The van der Waals surface area contributed by atoms with E-state index in [2.05, 4.69) is 5.32 Å². The minimum absolute atomic E-state index is 0.0519.